The van der Waals surface area contributed by atoms with Crippen molar-refractivity contribution in [3.8, 4) is 0 Å². The first-order chi connectivity index (χ1) is 9.78. The average Bonchev–Trinajstić information content (AvgIpc) is 2.85. The Kier molecular flexibility index (Phi) is 4.57. The molecule has 1 aliphatic heterocycles. The van der Waals surface area contributed by atoms with E-state index in [0.29, 0.717) is 23.6 Å². The highest BCUT2D eigenvalue weighted by molar-refractivity contribution is 6.31. The summed E-state index contributed by atoms with van der Waals surface area (Å²) in [6.45, 7) is 6.03. The van der Waals surface area contributed by atoms with Crippen LogP contribution < -0.4 is 0 Å². The maximum absolute atomic E-state index is 12.5. The molecule has 1 amide bonds. The lowest BCUT2D eigenvalue weighted by Crippen LogP contribution is -2.43. The largest absolute Gasteiger partial charge is 0.458 e. The van der Waals surface area contributed by atoms with Crippen molar-refractivity contribution in [1.82, 2.24) is 4.90 Å². The van der Waals surface area contributed by atoms with E-state index < -0.39 is 11.6 Å². The highest BCUT2D eigenvalue weighted by Gasteiger charge is 2.37. The summed E-state index contributed by atoms with van der Waals surface area (Å²) in [5.41, 5.74) is -0.0530. The highest BCUT2D eigenvalue weighted by atomic mass is 35.5. The van der Waals surface area contributed by atoms with Crippen molar-refractivity contribution in [2.45, 2.75) is 45.3 Å². The summed E-state index contributed by atoms with van der Waals surface area (Å²) in [6.07, 6.45) is 1.44. The number of benzene rings is 1. The summed E-state index contributed by atoms with van der Waals surface area (Å²) < 4.78 is 5.40. The number of halogens is 1. The third-order valence-corrected chi connectivity index (χ3v) is 3.50. The van der Waals surface area contributed by atoms with Gasteiger partial charge in [-0.25, -0.2) is 4.79 Å². The van der Waals surface area contributed by atoms with Crippen molar-refractivity contribution in [2.24, 2.45) is 0 Å². The monoisotopic (exact) mass is 309 g/mol. The number of nitrogens with zero attached hydrogens (tertiary/aromatic N) is 1. The van der Waals surface area contributed by atoms with Gasteiger partial charge in [0.05, 0.1) is 0 Å². The lowest BCUT2D eigenvalue weighted by molar-refractivity contribution is -0.159. The van der Waals surface area contributed by atoms with E-state index in [1.807, 2.05) is 20.8 Å². The molecular weight excluding hydrogens is 290 g/mol. The first kappa shape index (κ1) is 15.8. The summed E-state index contributed by atoms with van der Waals surface area (Å²) in [6, 6.07) is 6.27. The lowest BCUT2D eigenvalue weighted by Gasteiger charge is -2.27. The van der Waals surface area contributed by atoms with Gasteiger partial charge in [-0.2, -0.15) is 0 Å². The second-order valence-electron chi connectivity index (χ2n) is 6.20. The second-order valence-corrected chi connectivity index (χ2v) is 6.64. The first-order valence-electron chi connectivity index (χ1n) is 7.07. The normalized spacial score (nSPS) is 18.7. The zero-order chi connectivity index (χ0) is 15.6. The molecule has 1 fully saturated rings. The summed E-state index contributed by atoms with van der Waals surface area (Å²) in [7, 11) is 0. The predicted octanol–water partition coefficient (Wildman–Crippen LogP) is 3.29. The van der Waals surface area contributed by atoms with E-state index in [1.54, 1.807) is 29.2 Å². The van der Waals surface area contributed by atoms with Gasteiger partial charge in [-0.05, 0) is 51.8 Å². The van der Waals surface area contributed by atoms with Gasteiger partial charge < -0.3 is 9.64 Å². The topological polar surface area (TPSA) is 46.6 Å². The first-order valence-corrected chi connectivity index (χ1v) is 7.45. The molecule has 0 saturated carbocycles. The van der Waals surface area contributed by atoms with E-state index in [4.69, 9.17) is 16.3 Å². The molecule has 21 heavy (non-hydrogen) atoms. The molecule has 0 spiro atoms. The number of hydrogen-bond donors (Lipinski definition) is 0. The maximum Gasteiger partial charge on any atom is 0.329 e. The molecule has 0 bridgehead atoms. The van der Waals surface area contributed by atoms with Crippen molar-refractivity contribution < 1.29 is 14.3 Å². The Morgan fingerprint density at radius 3 is 2.67 bits per heavy atom. The van der Waals surface area contributed by atoms with Crippen LogP contribution in [0.15, 0.2) is 24.3 Å². The summed E-state index contributed by atoms with van der Waals surface area (Å²) in [4.78, 5) is 26.4. The van der Waals surface area contributed by atoms with Gasteiger partial charge in [0.15, 0.2) is 0 Å². The van der Waals surface area contributed by atoms with Gasteiger partial charge in [0.2, 0.25) is 0 Å². The molecule has 1 atom stereocenters. The SMILES string of the molecule is CC(C)(C)OC(=O)[C@H]1CCCN1C(=O)c1cccc(Cl)c1. The Morgan fingerprint density at radius 1 is 1.33 bits per heavy atom. The molecule has 0 aliphatic carbocycles. The van der Waals surface area contributed by atoms with Crippen LogP contribution in [0.25, 0.3) is 0 Å². The molecule has 114 valence electrons. The number of hydrogen-bond acceptors (Lipinski definition) is 3. The Hall–Kier alpha value is -1.55. The predicted molar refractivity (Wildman–Crippen MR) is 81.4 cm³/mol. The molecule has 1 saturated heterocycles. The molecule has 1 aromatic carbocycles. The molecule has 4 nitrogen and oxygen atoms in total. The third-order valence-electron chi connectivity index (χ3n) is 3.26. The molecule has 1 heterocycles. The number of carbonyl (C=O) groups excluding carboxylic acids is 2. The molecule has 0 radical (unpaired) electrons. The fourth-order valence-electron chi connectivity index (χ4n) is 2.41. The second kappa shape index (κ2) is 6.06. The fourth-order valence-corrected chi connectivity index (χ4v) is 2.60. The van der Waals surface area contributed by atoms with Crippen molar-refractivity contribution in [3.05, 3.63) is 34.9 Å². The molecule has 0 unspecified atom stereocenters. The highest BCUT2D eigenvalue weighted by Crippen LogP contribution is 2.24. The number of rotatable bonds is 2. The average molecular weight is 310 g/mol. The zero-order valence-electron chi connectivity index (χ0n) is 12.6. The molecule has 0 N–H and O–H groups in total. The molecular formula is C16H20ClNO3. The van der Waals surface area contributed by atoms with E-state index in [1.165, 1.54) is 0 Å². The Balaban J connectivity index is 2.15. The molecule has 0 aromatic heterocycles. The van der Waals surface area contributed by atoms with Crippen LogP contribution in [-0.4, -0.2) is 35.0 Å². The molecule has 5 heteroatoms. The van der Waals surface area contributed by atoms with E-state index >= 15 is 0 Å². The maximum atomic E-state index is 12.5. The minimum atomic E-state index is -0.551. The fraction of sp³-hybridized carbons (Fsp3) is 0.500. The Labute approximate surface area is 130 Å². The van der Waals surface area contributed by atoms with E-state index in [-0.39, 0.29) is 11.9 Å². The van der Waals surface area contributed by atoms with Gasteiger partial charge in [-0.3, -0.25) is 4.79 Å². The van der Waals surface area contributed by atoms with Gasteiger partial charge in [-0.1, -0.05) is 17.7 Å². The quantitative estimate of drug-likeness (QED) is 0.788. The van der Waals surface area contributed by atoms with Crippen LogP contribution >= 0.6 is 11.6 Å². The zero-order valence-corrected chi connectivity index (χ0v) is 13.3. The molecule has 1 aromatic rings. The van der Waals surface area contributed by atoms with E-state index in [0.717, 1.165) is 6.42 Å². The number of ether oxygens (including phenoxy) is 1. The van der Waals surface area contributed by atoms with Crippen LogP contribution in [0.1, 0.15) is 44.0 Å². The number of amides is 1. The van der Waals surface area contributed by atoms with Crippen LogP contribution in [0.2, 0.25) is 5.02 Å². The molecule has 2 rings (SSSR count). The van der Waals surface area contributed by atoms with Crippen molar-refractivity contribution in [1.29, 1.82) is 0 Å². The smallest absolute Gasteiger partial charge is 0.329 e. The van der Waals surface area contributed by atoms with Gasteiger partial charge in [0.25, 0.3) is 5.91 Å². The van der Waals surface area contributed by atoms with Crippen LogP contribution in [0.5, 0.6) is 0 Å². The van der Waals surface area contributed by atoms with Crippen molar-refractivity contribution in [3.63, 3.8) is 0 Å². The number of likely N-dealkylation sites (tertiary alicyclic amines) is 1. The minimum Gasteiger partial charge on any atom is -0.458 e. The van der Waals surface area contributed by atoms with Crippen LogP contribution in [0, 0.1) is 0 Å². The van der Waals surface area contributed by atoms with Crippen LogP contribution in [0.3, 0.4) is 0 Å². The van der Waals surface area contributed by atoms with Crippen LogP contribution in [-0.2, 0) is 9.53 Å². The molecule has 1 aliphatic rings. The minimum absolute atomic E-state index is 0.175. The van der Waals surface area contributed by atoms with Gasteiger partial charge in [0, 0.05) is 17.1 Å². The van der Waals surface area contributed by atoms with Gasteiger partial charge >= 0.3 is 5.97 Å². The Morgan fingerprint density at radius 2 is 2.05 bits per heavy atom. The Bertz CT molecular complexity index is 551. The van der Waals surface area contributed by atoms with Gasteiger partial charge in [-0.15, -0.1) is 0 Å². The summed E-state index contributed by atoms with van der Waals surface area (Å²) >= 11 is 5.92. The number of esters is 1. The lowest BCUT2D eigenvalue weighted by atomic mass is 10.1. The van der Waals surface area contributed by atoms with Crippen molar-refractivity contribution in [2.75, 3.05) is 6.54 Å². The number of carbonyl (C=O) groups is 2. The summed E-state index contributed by atoms with van der Waals surface area (Å²) in [5, 5.41) is 0.508. The standard InChI is InChI=1S/C16H20ClNO3/c1-16(2,3)21-15(20)13-8-5-9-18(13)14(19)11-6-4-7-12(17)10-11/h4,6-7,10,13H,5,8-9H2,1-3H3/t13-/m1/s1. The van der Waals surface area contributed by atoms with Gasteiger partial charge in [0.1, 0.15) is 11.6 Å². The van der Waals surface area contributed by atoms with Crippen LogP contribution in [0.4, 0.5) is 0 Å². The van der Waals surface area contributed by atoms with Crippen molar-refractivity contribution >= 4 is 23.5 Å². The van der Waals surface area contributed by atoms with E-state index in [2.05, 4.69) is 0 Å². The third kappa shape index (κ3) is 3.97. The summed E-state index contributed by atoms with van der Waals surface area (Å²) in [5.74, 6) is -0.513. The van der Waals surface area contributed by atoms with E-state index in [9.17, 15) is 9.59 Å².